The fourth-order valence-corrected chi connectivity index (χ4v) is 1.09. The summed E-state index contributed by atoms with van der Waals surface area (Å²) in [7, 11) is -1.57. The molecule has 1 unspecified atom stereocenters. The second-order valence-corrected chi connectivity index (χ2v) is 3.07. The lowest BCUT2D eigenvalue weighted by atomic mass is 9.80. The molecule has 1 atom stereocenters. The van der Waals surface area contributed by atoms with Crippen LogP contribution in [0.3, 0.4) is 0 Å². The maximum absolute atomic E-state index is 9.43. The summed E-state index contributed by atoms with van der Waals surface area (Å²) in [5.41, 5.74) is 0.731. The first kappa shape index (κ1) is 11.1. The molecule has 1 aromatic heterocycles. The fourth-order valence-electron chi connectivity index (χ4n) is 1.09. The minimum atomic E-state index is -1.57. The van der Waals surface area contributed by atoms with Crippen LogP contribution >= 0.6 is 0 Å². The predicted octanol–water partition coefficient (Wildman–Crippen LogP) is -1.09. The second kappa shape index (κ2) is 4.50. The van der Waals surface area contributed by atoms with E-state index in [0.29, 0.717) is 17.9 Å². The van der Waals surface area contributed by atoms with E-state index in [0.717, 1.165) is 0 Å². The molecule has 6 heteroatoms. The van der Waals surface area contributed by atoms with Crippen molar-refractivity contribution in [1.29, 1.82) is 0 Å². The molecule has 0 amide bonds. The Morgan fingerprint density at radius 3 is 2.57 bits per heavy atom. The van der Waals surface area contributed by atoms with Crippen LogP contribution < -0.4 is 5.46 Å². The molecular formula is C8H13BN2O3. The highest BCUT2D eigenvalue weighted by molar-refractivity contribution is 6.58. The first-order valence-corrected chi connectivity index (χ1v) is 4.43. The Morgan fingerprint density at radius 2 is 2.14 bits per heavy atom. The Bertz CT molecular complexity index is 319. The summed E-state index contributed by atoms with van der Waals surface area (Å²) >= 11 is 0. The molecule has 1 aromatic rings. The molecule has 3 N–H and O–H groups in total. The van der Waals surface area contributed by atoms with E-state index in [4.69, 9.17) is 10.0 Å². The topological polar surface area (TPSA) is 86.5 Å². The number of hydrogen-bond donors (Lipinski definition) is 3. The Balaban J connectivity index is 3.00. The van der Waals surface area contributed by atoms with E-state index < -0.39 is 13.2 Å². The van der Waals surface area contributed by atoms with Crippen LogP contribution in [0.15, 0.2) is 6.20 Å². The molecule has 0 aliphatic carbocycles. The average Bonchev–Trinajstić information content (AvgIpc) is 2.15. The van der Waals surface area contributed by atoms with Gasteiger partial charge in [0.25, 0.3) is 0 Å². The molecule has 0 saturated heterocycles. The van der Waals surface area contributed by atoms with Gasteiger partial charge in [0.1, 0.15) is 6.10 Å². The summed E-state index contributed by atoms with van der Waals surface area (Å²) in [5, 5.41) is 27.2. The highest BCUT2D eigenvalue weighted by Gasteiger charge is 2.17. The second-order valence-electron chi connectivity index (χ2n) is 3.07. The van der Waals surface area contributed by atoms with Gasteiger partial charge < -0.3 is 15.2 Å². The number of aryl methyl sites for hydroxylation is 1. The van der Waals surface area contributed by atoms with Crippen LogP contribution in [0.4, 0.5) is 0 Å². The maximum Gasteiger partial charge on any atom is 0.491 e. The van der Waals surface area contributed by atoms with Crippen LogP contribution in [0.1, 0.15) is 31.0 Å². The smallest absolute Gasteiger partial charge is 0.423 e. The Labute approximate surface area is 82.6 Å². The van der Waals surface area contributed by atoms with Gasteiger partial charge >= 0.3 is 7.12 Å². The minimum Gasteiger partial charge on any atom is -0.423 e. The summed E-state index contributed by atoms with van der Waals surface area (Å²) in [6.45, 7) is 3.46. The molecular weight excluding hydrogens is 183 g/mol. The maximum atomic E-state index is 9.43. The van der Waals surface area contributed by atoms with Gasteiger partial charge in [0.05, 0.1) is 0 Å². The summed E-state index contributed by atoms with van der Waals surface area (Å²) in [4.78, 5) is 7.83. The quantitative estimate of drug-likeness (QED) is 0.534. The van der Waals surface area contributed by atoms with Gasteiger partial charge in [-0.3, -0.25) is 0 Å². The molecule has 0 aliphatic heterocycles. The van der Waals surface area contributed by atoms with Crippen molar-refractivity contribution in [2.75, 3.05) is 0 Å². The van der Waals surface area contributed by atoms with Crippen molar-refractivity contribution in [2.45, 2.75) is 26.4 Å². The fraction of sp³-hybridized carbons (Fsp3) is 0.500. The zero-order chi connectivity index (χ0) is 10.7. The van der Waals surface area contributed by atoms with E-state index >= 15 is 0 Å². The number of aliphatic hydroxyl groups is 1. The van der Waals surface area contributed by atoms with Crippen molar-refractivity contribution >= 4 is 12.6 Å². The zero-order valence-electron chi connectivity index (χ0n) is 8.18. The molecule has 5 nitrogen and oxygen atoms in total. The van der Waals surface area contributed by atoms with Crippen LogP contribution in [0, 0.1) is 6.92 Å². The van der Waals surface area contributed by atoms with E-state index in [1.54, 1.807) is 6.92 Å². The van der Waals surface area contributed by atoms with Gasteiger partial charge in [0.15, 0.2) is 5.82 Å². The van der Waals surface area contributed by atoms with Gasteiger partial charge in [-0.15, -0.1) is 0 Å². The molecule has 0 radical (unpaired) electrons. The van der Waals surface area contributed by atoms with Crippen LogP contribution in [0.25, 0.3) is 0 Å². The number of hydrogen-bond acceptors (Lipinski definition) is 5. The zero-order valence-corrected chi connectivity index (χ0v) is 8.18. The van der Waals surface area contributed by atoms with Gasteiger partial charge in [-0.2, -0.15) is 0 Å². The number of aromatic nitrogens is 2. The molecule has 0 fully saturated rings. The van der Waals surface area contributed by atoms with Crippen molar-refractivity contribution in [3.8, 4) is 0 Å². The monoisotopic (exact) mass is 196 g/mol. The van der Waals surface area contributed by atoms with E-state index in [1.807, 2.05) is 6.92 Å². The molecule has 0 saturated carbocycles. The van der Waals surface area contributed by atoms with Gasteiger partial charge in [0.2, 0.25) is 0 Å². The van der Waals surface area contributed by atoms with Crippen molar-refractivity contribution in [2.24, 2.45) is 0 Å². The lowest BCUT2D eigenvalue weighted by Gasteiger charge is -2.09. The van der Waals surface area contributed by atoms with Gasteiger partial charge in [0, 0.05) is 17.4 Å². The van der Waals surface area contributed by atoms with Crippen LogP contribution in [-0.2, 0) is 0 Å². The highest BCUT2D eigenvalue weighted by Crippen LogP contribution is 2.09. The number of aliphatic hydroxyl groups excluding tert-OH is 1. The Hall–Kier alpha value is -0.975. The van der Waals surface area contributed by atoms with Gasteiger partial charge in [-0.25, -0.2) is 9.97 Å². The number of rotatable bonds is 3. The molecule has 1 heterocycles. The van der Waals surface area contributed by atoms with Crippen molar-refractivity contribution < 1.29 is 15.2 Å². The van der Waals surface area contributed by atoms with E-state index in [9.17, 15) is 5.11 Å². The third-order valence-corrected chi connectivity index (χ3v) is 2.00. The lowest BCUT2D eigenvalue weighted by molar-refractivity contribution is 0.163. The van der Waals surface area contributed by atoms with E-state index in [-0.39, 0.29) is 5.46 Å². The molecule has 0 spiro atoms. The standard InChI is InChI=1S/C8H13BN2O3/c1-3-7(12)8-10-4-6(9(13)14)5(2)11-8/h4,7,12-14H,3H2,1-2H3. The molecule has 76 valence electrons. The summed E-state index contributed by atoms with van der Waals surface area (Å²) in [6.07, 6.45) is 1.15. The molecule has 0 aromatic carbocycles. The van der Waals surface area contributed by atoms with E-state index in [1.165, 1.54) is 6.20 Å². The Morgan fingerprint density at radius 1 is 1.50 bits per heavy atom. The van der Waals surface area contributed by atoms with E-state index in [2.05, 4.69) is 9.97 Å². The first-order valence-electron chi connectivity index (χ1n) is 4.43. The number of nitrogens with zero attached hydrogens (tertiary/aromatic N) is 2. The van der Waals surface area contributed by atoms with Crippen molar-refractivity contribution in [1.82, 2.24) is 9.97 Å². The lowest BCUT2D eigenvalue weighted by Crippen LogP contribution is -2.34. The van der Waals surface area contributed by atoms with Crippen molar-refractivity contribution in [3.63, 3.8) is 0 Å². The first-order chi connectivity index (χ1) is 6.56. The third kappa shape index (κ3) is 2.28. The molecule has 0 aliphatic rings. The van der Waals surface area contributed by atoms with Crippen LogP contribution in [0.2, 0.25) is 0 Å². The third-order valence-electron chi connectivity index (χ3n) is 2.00. The minimum absolute atomic E-state index is 0.261. The van der Waals surface area contributed by atoms with Crippen molar-refractivity contribution in [3.05, 3.63) is 17.7 Å². The highest BCUT2D eigenvalue weighted by atomic mass is 16.4. The average molecular weight is 196 g/mol. The SMILES string of the molecule is CCC(O)c1ncc(B(O)O)c(C)n1. The normalized spacial score (nSPS) is 12.6. The van der Waals surface area contributed by atoms with Crippen LogP contribution in [-0.4, -0.2) is 32.2 Å². The van der Waals surface area contributed by atoms with Gasteiger partial charge in [-0.05, 0) is 13.3 Å². The van der Waals surface area contributed by atoms with Gasteiger partial charge in [-0.1, -0.05) is 6.92 Å². The largest absolute Gasteiger partial charge is 0.491 e. The Kier molecular flexibility index (Phi) is 3.57. The summed E-state index contributed by atoms with van der Waals surface area (Å²) in [5.74, 6) is 0.314. The molecule has 1 rings (SSSR count). The predicted molar refractivity (Wildman–Crippen MR) is 51.8 cm³/mol. The molecule has 14 heavy (non-hydrogen) atoms. The van der Waals surface area contributed by atoms with Crippen LogP contribution in [0.5, 0.6) is 0 Å². The summed E-state index contributed by atoms with van der Waals surface area (Å²) < 4.78 is 0. The molecule has 0 bridgehead atoms. The summed E-state index contributed by atoms with van der Waals surface area (Å²) in [6, 6.07) is 0.